The first-order chi connectivity index (χ1) is 11.8. The van der Waals surface area contributed by atoms with Gasteiger partial charge in [-0.3, -0.25) is 9.59 Å². The minimum Gasteiger partial charge on any atom is -0.482 e. The van der Waals surface area contributed by atoms with E-state index in [0.29, 0.717) is 16.3 Å². The first-order valence-electron chi connectivity index (χ1n) is 7.68. The van der Waals surface area contributed by atoms with Gasteiger partial charge in [0.1, 0.15) is 22.5 Å². The van der Waals surface area contributed by atoms with Crippen LogP contribution in [-0.2, 0) is 20.8 Å². The van der Waals surface area contributed by atoms with Crippen molar-refractivity contribution < 1.29 is 24.2 Å². The van der Waals surface area contributed by atoms with Gasteiger partial charge in [0.2, 0.25) is 0 Å². The average Bonchev–Trinajstić information content (AvgIpc) is 2.84. The molecule has 0 spiro atoms. The van der Waals surface area contributed by atoms with Crippen molar-refractivity contribution in [2.45, 2.75) is 33.1 Å². The summed E-state index contributed by atoms with van der Waals surface area (Å²) in [7, 11) is 0. The van der Waals surface area contributed by atoms with E-state index in [0.717, 1.165) is 10.6 Å². The third-order valence-corrected chi connectivity index (χ3v) is 4.80. The molecule has 132 valence electrons. The summed E-state index contributed by atoms with van der Waals surface area (Å²) >= 11 is 1.36. The van der Waals surface area contributed by atoms with Crippen LogP contribution in [-0.4, -0.2) is 34.2 Å². The summed E-state index contributed by atoms with van der Waals surface area (Å²) in [6.07, 6.45) is 0.0478. The number of Topliss-reactive ketones (excluding diaryl/α,β-unsaturated/α-hetero) is 2. The summed E-state index contributed by atoms with van der Waals surface area (Å²) in [6.45, 7) is 4.69. The monoisotopic (exact) mass is 361 g/mol. The molecule has 0 fully saturated rings. The second-order valence-corrected chi connectivity index (χ2v) is 6.95. The predicted octanol–water partition coefficient (Wildman–Crippen LogP) is 2.71. The van der Waals surface area contributed by atoms with Gasteiger partial charge in [0, 0.05) is 11.3 Å². The van der Waals surface area contributed by atoms with Crippen molar-refractivity contribution in [3.63, 3.8) is 0 Å². The zero-order valence-electron chi connectivity index (χ0n) is 14.2. The second kappa shape index (κ2) is 8.02. The molecule has 1 heterocycles. The Morgan fingerprint density at radius 1 is 1.28 bits per heavy atom. The number of hydrogen-bond donors (Lipinski definition) is 1. The van der Waals surface area contributed by atoms with Gasteiger partial charge in [-0.2, -0.15) is 0 Å². The van der Waals surface area contributed by atoms with E-state index in [1.807, 2.05) is 13.8 Å². The van der Waals surface area contributed by atoms with E-state index in [2.05, 4.69) is 4.98 Å². The van der Waals surface area contributed by atoms with Crippen molar-refractivity contribution in [2.24, 2.45) is 0 Å². The highest BCUT2D eigenvalue weighted by Crippen LogP contribution is 2.27. The molecule has 1 unspecified atom stereocenters. The van der Waals surface area contributed by atoms with Crippen molar-refractivity contribution in [2.75, 3.05) is 6.61 Å². The van der Waals surface area contributed by atoms with E-state index < -0.39 is 18.5 Å². The SMILES string of the molecule is CC(=O)C(C(=O)Cc1cccc(OCC(=O)O)c1)c1nc(C)c(C)s1. The van der Waals surface area contributed by atoms with Gasteiger partial charge in [0.25, 0.3) is 0 Å². The Labute approximate surface area is 149 Å². The van der Waals surface area contributed by atoms with E-state index in [9.17, 15) is 14.4 Å². The minimum atomic E-state index is -1.08. The molecule has 0 aliphatic rings. The Morgan fingerprint density at radius 2 is 2.00 bits per heavy atom. The van der Waals surface area contributed by atoms with Crippen LogP contribution in [0.5, 0.6) is 5.75 Å². The van der Waals surface area contributed by atoms with Crippen LogP contribution in [0.15, 0.2) is 24.3 Å². The molecule has 0 saturated carbocycles. The molecule has 0 bridgehead atoms. The molecule has 0 saturated heterocycles. The number of aromatic nitrogens is 1. The van der Waals surface area contributed by atoms with E-state index in [1.54, 1.807) is 24.3 Å². The summed E-state index contributed by atoms with van der Waals surface area (Å²) in [4.78, 5) is 40.6. The Bertz CT molecular complexity index is 792. The second-order valence-electron chi connectivity index (χ2n) is 5.71. The summed E-state index contributed by atoms with van der Waals surface area (Å²) in [5, 5.41) is 9.17. The van der Waals surface area contributed by atoms with Crippen molar-refractivity contribution >= 4 is 28.9 Å². The number of nitrogens with zero attached hydrogens (tertiary/aromatic N) is 1. The summed E-state index contributed by atoms with van der Waals surface area (Å²) in [5.74, 6) is -2.06. The number of ketones is 2. The Hall–Kier alpha value is -2.54. The zero-order valence-corrected chi connectivity index (χ0v) is 15.1. The molecule has 0 aliphatic carbocycles. The minimum absolute atomic E-state index is 0.0478. The van der Waals surface area contributed by atoms with Gasteiger partial charge in [0.05, 0.1) is 5.69 Å². The molecule has 1 aromatic carbocycles. The lowest BCUT2D eigenvalue weighted by atomic mass is 9.95. The van der Waals surface area contributed by atoms with Gasteiger partial charge in [-0.05, 0) is 38.5 Å². The van der Waals surface area contributed by atoms with Crippen LogP contribution in [0.4, 0.5) is 0 Å². The number of ether oxygens (including phenoxy) is 1. The molecule has 6 nitrogen and oxygen atoms in total. The van der Waals surface area contributed by atoms with Crippen molar-refractivity contribution in [1.82, 2.24) is 4.98 Å². The number of benzene rings is 1. The normalized spacial score (nSPS) is 11.8. The van der Waals surface area contributed by atoms with Gasteiger partial charge in [0.15, 0.2) is 12.4 Å². The molecule has 1 atom stereocenters. The first-order valence-corrected chi connectivity index (χ1v) is 8.50. The molecule has 0 radical (unpaired) electrons. The maximum Gasteiger partial charge on any atom is 0.341 e. The molecule has 25 heavy (non-hydrogen) atoms. The van der Waals surface area contributed by atoms with Crippen LogP contribution in [0.2, 0.25) is 0 Å². The predicted molar refractivity (Wildman–Crippen MR) is 93.3 cm³/mol. The maximum absolute atomic E-state index is 12.7. The van der Waals surface area contributed by atoms with Crippen LogP contribution in [0, 0.1) is 13.8 Å². The number of carbonyl (C=O) groups excluding carboxylic acids is 2. The molecular weight excluding hydrogens is 342 g/mol. The Kier molecular flexibility index (Phi) is 6.03. The number of hydrogen-bond acceptors (Lipinski definition) is 6. The van der Waals surface area contributed by atoms with Gasteiger partial charge in [-0.1, -0.05) is 12.1 Å². The van der Waals surface area contributed by atoms with E-state index in [-0.39, 0.29) is 18.0 Å². The molecule has 7 heteroatoms. The van der Waals surface area contributed by atoms with Gasteiger partial charge >= 0.3 is 5.97 Å². The summed E-state index contributed by atoms with van der Waals surface area (Å²) in [5.41, 5.74) is 1.48. The molecule has 1 aromatic heterocycles. The molecule has 1 N–H and O–H groups in total. The quantitative estimate of drug-likeness (QED) is 0.727. The lowest BCUT2D eigenvalue weighted by Crippen LogP contribution is -2.21. The molecule has 0 amide bonds. The van der Waals surface area contributed by atoms with Crippen LogP contribution in [0.3, 0.4) is 0 Å². The third kappa shape index (κ3) is 4.96. The lowest BCUT2D eigenvalue weighted by molar-refractivity contribution is -0.139. The maximum atomic E-state index is 12.7. The van der Waals surface area contributed by atoms with E-state index in [1.165, 1.54) is 18.3 Å². The topological polar surface area (TPSA) is 93.6 Å². The highest BCUT2D eigenvalue weighted by molar-refractivity contribution is 7.12. The summed E-state index contributed by atoms with van der Waals surface area (Å²) < 4.78 is 5.11. The molecule has 2 rings (SSSR count). The fraction of sp³-hybridized carbons (Fsp3) is 0.333. The van der Waals surface area contributed by atoms with Crippen molar-refractivity contribution in [3.05, 3.63) is 45.4 Å². The first kappa shape index (κ1) is 18.8. The van der Waals surface area contributed by atoms with Crippen molar-refractivity contribution in [3.8, 4) is 5.75 Å². The highest BCUT2D eigenvalue weighted by Gasteiger charge is 2.28. The largest absolute Gasteiger partial charge is 0.482 e. The third-order valence-electron chi connectivity index (χ3n) is 3.66. The van der Waals surface area contributed by atoms with E-state index in [4.69, 9.17) is 9.84 Å². The molecular formula is C18H19NO5S. The Balaban J connectivity index is 2.17. The highest BCUT2D eigenvalue weighted by atomic mass is 32.1. The smallest absolute Gasteiger partial charge is 0.341 e. The number of rotatable bonds is 8. The number of aryl methyl sites for hydroxylation is 2. The zero-order chi connectivity index (χ0) is 18.6. The van der Waals surface area contributed by atoms with Crippen LogP contribution >= 0.6 is 11.3 Å². The number of aliphatic carboxylic acids is 1. The molecule has 0 aliphatic heterocycles. The number of carbonyl (C=O) groups is 3. The van der Waals surface area contributed by atoms with E-state index >= 15 is 0 Å². The van der Waals surface area contributed by atoms with Gasteiger partial charge < -0.3 is 9.84 Å². The number of thiazole rings is 1. The number of carboxylic acid groups (broad SMARTS) is 1. The van der Waals surface area contributed by atoms with Gasteiger partial charge in [-0.25, -0.2) is 9.78 Å². The van der Waals surface area contributed by atoms with Crippen LogP contribution < -0.4 is 4.74 Å². The van der Waals surface area contributed by atoms with Crippen LogP contribution in [0.1, 0.15) is 34.0 Å². The average molecular weight is 361 g/mol. The van der Waals surface area contributed by atoms with Crippen LogP contribution in [0.25, 0.3) is 0 Å². The van der Waals surface area contributed by atoms with Gasteiger partial charge in [-0.15, -0.1) is 11.3 Å². The lowest BCUT2D eigenvalue weighted by Gasteiger charge is -2.11. The fourth-order valence-electron chi connectivity index (χ4n) is 2.35. The number of carboxylic acids is 1. The standard InChI is InChI=1S/C18H19NO5S/c1-10-12(3)25-18(19-10)17(11(2)20)15(21)8-13-5-4-6-14(7-13)24-9-16(22)23/h4-7,17H,8-9H2,1-3H3,(H,22,23). The fourth-order valence-corrected chi connectivity index (χ4v) is 3.46. The van der Waals surface area contributed by atoms with Crippen molar-refractivity contribution in [1.29, 1.82) is 0 Å². The summed E-state index contributed by atoms with van der Waals surface area (Å²) in [6, 6.07) is 6.64. The Morgan fingerprint density at radius 3 is 2.56 bits per heavy atom. The molecule has 2 aromatic rings.